The van der Waals surface area contributed by atoms with Crippen LogP contribution in [0, 0.1) is 0 Å². The van der Waals surface area contributed by atoms with Crippen molar-refractivity contribution in [1.82, 2.24) is 14.5 Å². The first-order valence-electron chi connectivity index (χ1n) is 10.3. The summed E-state index contributed by atoms with van der Waals surface area (Å²) in [5.74, 6) is -0.165. The van der Waals surface area contributed by atoms with Crippen LogP contribution in [0.2, 0.25) is 0 Å². The molecule has 1 aliphatic rings. The molecule has 4 N–H and O–H groups in total. The van der Waals surface area contributed by atoms with Crippen LogP contribution in [-0.2, 0) is 11.2 Å². The number of anilines is 2. The lowest BCUT2D eigenvalue weighted by Gasteiger charge is -2.23. The topological polar surface area (TPSA) is 122 Å². The minimum absolute atomic E-state index is 0.115. The van der Waals surface area contributed by atoms with E-state index in [1.807, 2.05) is 13.0 Å². The Balaban J connectivity index is 1.54. The van der Waals surface area contributed by atoms with Crippen LogP contribution in [0.1, 0.15) is 19.0 Å². The van der Waals surface area contributed by atoms with E-state index < -0.39 is 30.2 Å². The molecule has 0 spiro atoms. The van der Waals surface area contributed by atoms with Gasteiger partial charge in [-0.15, -0.1) is 0 Å². The maximum atomic E-state index is 14.2. The number of aromatic nitrogens is 2. The summed E-state index contributed by atoms with van der Waals surface area (Å²) >= 11 is 0. The van der Waals surface area contributed by atoms with Crippen LogP contribution in [0.5, 0.6) is 0 Å². The van der Waals surface area contributed by atoms with Gasteiger partial charge >= 0.3 is 12.1 Å². The van der Waals surface area contributed by atoms with Crippen LogP contribution in [0.25, 0.3) is 10.9 Å². The van der Waals surface area contributed by atoms with Gasteiger partial charge in [-0.3, -0.25) is 9.36 Å². The third kappa shape index (κ3) is 4.11. The van der Waals surface area contributed by atoms with Crippen molar-refractivity contribution < 1.29 is 18.8 Å². The predicted molar refractivity (Wildman–Crippen MR) is 118 cm³/mol. The first-order chi connectivity index (χ1) is 15.4. The number of likely N-dealkylation sites (tertiary alicyclic amines) is 1. The van der Waals surface area contributed by atoms with E-state index in [1.165, 1.54) is 10.8 Å². The summed E-state index contributed by atoms with van der Waals surface area (Å²) < 4.78 is 15.4. The lowest BCUT2D eigenvalue weighted by Crippen LogP contribution is -2.45. The van der Waals surface area contributed by atoms with Crippen molar-refractivity contribution in [3.05, 3.63) is 54.4 Å². The molecule has 3 aromatic rings. The number of benzene rings is 1. The molecule has 4 rings (SSSR count). The summed E-state index contributed by atoms with van der Waals surface area (Å²) in [5.41, 5.74) is 7.08. The number of nitrogens with two attached hydrogens (primary N) is 1. The fourth-order valence-corrected chi connectivity index (χ4v) is 3.86. The predicted octanol–water partition coefficient (Wildman–Crippen LogP) is 3.11. The standard InChI is InChI=1S/C22H23FN6O3/c1-2-14-6-5-9-19(25-14)27-20(30)18-10-13(23)11-29(18)22(32)26-16-12-28(21(24)31)17-8-4-3-7-15(16)17/h3-9,12-13,18H,2,10-11H2,1H3,(H2,24,31)(H,26,32)(H,25,27,30)/t13-,18+/m1/s1. The van der Waals surface area contributed by atoms with E-state index in [0.717, 1.165) is 10.6 Å². The van der Waals surface area contributed by atoms with Gasteiger partial charge in [0.2, 0.25) is 5.91 Å². The molecule has 0 radical (unpaired) electrons. The summed E-state index contributed by atoms with van der Waals surface area (Å²) in [6, 6.07) is 9.81. The van der Waals surface area contributed by atoms with Crippen molar-refractivity contribution in [3.8, 4) is 0 Å². The molecule has 0 unspecified atom stereocenters. The average molecular weight is 438 g/mol. The lowest BCUT2D eigenvalue weighted by molar-refractivity contribution is -0.119. The number of aryl methyl sites for hydroxylation is 1. The van der Waals surface area contributed by atoms with Gasteiger partial charge in [0, 0.05) is 23.7 Å². The van der Waals surface area contributed by atoms with Gasteiger partial charge in [0.05, 0.1) is 17.7 Å². The summed E-state index contributed by atoms with van der Waals surface area (Å²) in [4.78, 5) is 43.0. The van der Waals surface area contributed by atoms with Crippen LogP contribution in [0.15, 0.2) is 48.7 Å². The number of hydrogen-bond acceptors (Lipinski definition) is 4. The summed E-state index contributed by atoms with van der Waals surface area (Å²) in [6.07, 6.45) is 0.657. The van der Waals surface area contributed by atoms with E-state index in [1.54, 1.807) is 36.4 Å². The molecular weight excluding hydrogens is 415 g/mol. The molecule has 1 aliphatic heterocycles. The molecule has 1 saturated heterocycles. The van der Waals surface area contributed by atoms with E-state index in [2.05, 4.69) is 15.6 Å². The minimum atomic E-state index is -1.33. The third-order valence-electron chi connectivity index (χ3n) is 5.42. The average Bonchev–Trinajstić information content (AvgIpc) is 3.35. The zero-order valence-corrected chi connectivity index (χ0v) is 17.4. The number of halogens is 1. The van der Waals surface area contributed by atoms with Gasteiger partial charge in [-0.05, 0) is 24.6 Å². The smallest absolute Gasteiger partial charge is 0.323 e. The summed E-state index contributed by atoms with van der Waals surface area (Å²) in [7, 11) is 0. The molecule has 32 heavy (non-hydrogen) atoms. The van der Waals surface area contributed by atoms with Gasteiger partial charge < -0.3 is 21.3 Å². The number of nitrogens with zero attached hydrogens (tertiary/aromatic N) is 3. The quantitative estimate of drug-likeness (QED) is 0.579. The number of para-hydroxylation sites is 1. The Hall–Kier alpha value is -3.95. The SMILES string of the molecule is CCc1cccc(NC(=O)[C@@H]2C[C@@H](F)CN2C(=O)Nc2cn(C(N)=O)c3ccccc23)n1. The Bertz CT molecular complexity index is 1190. The molecule has 1 fully saturated rings. The number of nitrogens with one attached hydrogen (secondary N) is 2. The number of rotatable bonds is 4. The van der Waals surface area contributed by atoms with Gasteiger partial charge in [0.15, 0.2) is 0 Å². The number of fused-ring (bicyclic) bond motifs is 1. The van der Waals surface area contributed by atoms with Gasteiger partial charge in [0.1, 0.15) is 18.0 Å². The number of carbonyl (C=O) groups excluding carboxylic acids is 3. The van der Waals surface area contributed by atoms with Crippen molar-refractivity contribution in [2.24, 2.45) is 5.73 Å². The van der Waals surface area contributed by atoms with Crippen LogP contribution >= 0.6 is 0 Å². The monoisotopic (exact) mass is 438 g/mol. The molecule has 0 saturated carbocycles. The van der Waals surface area contributed by atoms with Gasteiger partial charge in [-0.2, -0.15) is 0 Å². The van der Waals surface area contributed by atoms with Gasteiger partial charge in [-0.25, -0.2) is 19.0 Å². The van der Waals surface area contributed by atoms with Crippen LogP contribution in [0.4, 0.5) is 25.5 Å². The highest BCUT2D eigenvalue weighted by Crippen LogP contribution is 2.28. The van der Waals surface area contributed by atoms with Crippen molar-refractivity contribution in [2.75, 3.05) is 17.2 Å². The second-order valence-electron chi connectivity index (χ2n) is 7.56. The van der Waals surface area contributed by atoms with E-state index in [4.69, 9.17) is 5.73 Å². The van der Waals surface area contributed by atoms with E-state index >= 15 is 0 Å². The maximum absolute atomic E-state index is 14.2. The molecule has 2 atom stereocenters. The largest absolute Gasteiger partial charge is 0.351 e. The van der Waals surface area contributed by atoms with Gasteiger partial charge in [0.25, 0.3) is 0 Å². The van der Waals surface area contributed by atoms with Crippen LogP contribution in [0.3, 0.4) is 0 Å². The molecule has 10 heteroatoms. The number of primary amides is 1. The number of amides is 4. The number of alkyl halides is 1. The van der Waals surface area contributed by atoms with Crippen molar-refractivity contribution in [2.45, 2.75) is 32.0 Å². The normalized spacial score (nSPS) is 18.0. The second kappa shape index (κ2) is 8.66. The number of urea groups is 1. The Morgan fingerprint density at radius 3 is 2.69 bits per heavy atom. The summed E-state index contributed by atoms with van der Waals surface area (Å²) in [5, 5.41) is 5.95. The molecular formula is C22H23FN6O3. The van der Waals surface area contributed by atoms with Crippen molar-refractivity contribution in [1.29, 1.82) is 0 Å². The van der Waals surface area contributed by atoms with E-state index in [0.29, 0.717) is 28.8 Å². The molecule has 9 nitrogen and oxygen atoms in total. The van der Waals surface area contributed by atoms with Crippen molar-refractivity contribution in [3.63, 3.8) is 0 Å². The molecule has 3 heterocycles. The number of hydrogen-bond donors (Lipinski definition) is 3. The lowest BCUT2D eigenvalue weighted by atomic mass is 10.2. The summed E-state index contributed by atoms with van der Waals surface area (Å²) in [6.45, 7) is 1.72. The molecule has 4 amide bonds. The van der Waals surface area contributed by atoms with E-state index in [-0.39, 0.29) is 13.0 Å². The molecule has 2 aromatic heterocycles. The second-order valence-corrected chi connectivity index (χ2v) is 7.56. The first kappa shape index (κ1) is 21.3. The number of pyridine rings is 1. The van der Waals surface area contributed by atoms with Crippen LogP contribution < -0.4 is 16.4 Å². The maximum Gasteiger partial charge on any atom is 0.323 e. The highest BCUT2D eigenvalue weighted by Gasteiger charge is 2.40. The fourth-order valence-electron chi connectivity index (χ4n) is 3.86. The number of carbonyl (C=O) groups is 3. The third-order valence-corrected chi connectivity index (χ3v) is 5.42. The molecule has 0 aliphatic carbocycles. The zero-order chi connectivity index (χ0) is 22.8. The minimum Gasteiger partial charge on any atom is -0.351 e. The van der Waals surface area contributed by atoms with Gasteiger partial charge in [-0.1, -0.05) is 31.2 Å². The fraction of sp³-hybridized carbons (Fsp3) is 0.273. The van der Waals surface area contributed by atoms with E-state index in [9.17, 15) is 18.8 Å². The zero-order valence-electron chi connectivity index (χ0n) is 17.4. The Morgan fingerprint density at radius 2 is 1.94 bits per heavy atom. The Labute approximate surface area is 183 Å². The molecule has 1 aromatic carbocycles. The Morgan fingerprint density at radius 1 is 1.16 bits per heavy atom. The van der Waals surface area contributed by atoms with Crippen LogP contribution in [-0.4, -0.2) is 51.2 Å². The highest BCUT2D eigenvalue weighted by molar-refractivity contribution is 6.06. The first-order valence-corrected chi connectivity index (χ1v) is 10.3. The Kier molecular flexibility index (Phi) is 5.76. The highest BCUT2D eigenvalue weighted by atomic mass is 19.1. The van der Waals surface area contributed by atoms with Crippen molar-refractivity contribution >= 4 is 40.4 Å². The molecule has 166 valence electrons. The molecule has 0 bridgehead atoms.